The maximum Gasteiger partial charge on any atom is 0.224 e. The highest BCUT2D eigenvalue weighted by Gasteiger charge is 2.47. The van der Waals surface area contributed by atoms with Crippen LogP contribution in [0.2, 0.25) is 0 Å². The molecule has 1 aliphatic carbocycles. The van der Waals surface area contributed by atoms with Crippen molar-refractivity contribution in [2.24, 2.45) is 17.8 Å². The largest absolute Gasteiger partial charge is 0.356 e. The second-order valence-electron chi connectivity index (χ2n) is 6.13. The molecule has 0 radical (unpaired) electrons. The molecule has 4 heteroatoms. The summed E-state index contributed by atoms with van der Waals surface area (Å²) in [6.07, 6.45) is 1.65. The Hall–Kier alpha value is -1.84. The lowest BCUT2D eigenvalue weighted by molar-refractivity contribution is -0.127. The first-order valence-corrected chi connectivity index (χ1v) is 7.67. The van der Waals surface area contributed by atoms with Crippen molar-refractivity contribution in [1.29, 1.82) is 0 Å². The van der Waals surface area contributed by atoms with Gasteiger partial charge in [0.15, 0.2) is 0 Å². The van der Waals surface area contributed by atoms with Gasteiger partial charge >= 0.3 is 0 Å². The highest BCUT2D eigenvalue weighted by molar-refractivity contribution is 5.92. The molecule has 114 valence electrons. The quantitative estimate of drug-likeness (QED) is 0.807. The van der Waals surface area contributed by atoms with Crippen LogP contribution in [0.25, 0.3) is 0 Å². The van der Waals surface area contributed by atoms with Crippen LogP contribution in [0.1, 0.15) is 32.3 Å². The molecule has 2 N–H and O–H groups in total. The molecule has 1 aliphatic rings. The summed E-state index contributed by atoms with van der Waals surface area (Å²) >= 11 is 0. The van der Waals surface area contributed by atoms with Crippen LogP contribution in [0.4, 0.5) is 0 Å². The highest BCUT2D eigenvalue weighted by atomic mass is 16.2. The molecule has 1 aromatic rings. The average Bonchev–Trinajstić information content (AvgIpc) is 3.26. The van der Waals surface area contributed by atoms with E-state index in [2.05, 4.69) is 24.5 Å². The Balaban J connectivity index is 1.67. The SMILES string of the molecule is CC(C)CCNC(=O)C1CC1C(=O)NCc1ccccc1. The Kier molecular flexibility index (Phi) is 5.37. The van der Waals surface area contributed by atoms with E-state index in [4.69, 9.17) is 0 Å². The molecule has 1 aromatic carbocycles. The molecule has 4 nitrogen and oxygen atoms in total. The van der Waals surface area contributed by atoms with Crippen molar-refractivity contribution < 1.29 is 9.59 Å². The number of hydrogen-bond donors (Lipinski definition) is 2. The maximum atomic E-state index is 12.0. The van der Waals surface area contributed by atoms with Gasteiger partial charge in [0.05, 0.1) is 11.8 Å². The second-order valence-corrected chi connectivity index (χ2v) is 6.13. The molecular formula is C17H24N2O2. The summed E-state index contributed by atoms with van der Waals surface area (Å²) in [5.41, 5.74) is 1.07. The Morgan fingerprint density at radius 3 is 2.33 bits per heavy atom. The van der Waals surface area contributed by atoms with Crippen LogP contribution in [0.3, 0.4) is 0 Å². The Bertz CT molecular complexity index is 485. The van der Waals surface area contributed by atoms with Crippen molar-refractivity contribution in [2.75, 3.05) is 6.54 Å². The minimum absolute atomic E-state index is 0.0112. The molecule has 0 aliphatic heterocycles. The van der Waals surface area contributed by atoms with Crippen LogP contribution in [0, 0.1) is 17.8 Å². The number of carbonyl (C=O) groups is 2. The number of hydrogen-bond acceptors (Lipinski definition) is 2. The van der Waals surface area contributed by atoms with E-state index in [-0.39, 0.29) is 23.7 Å². The summed E-state index contributed by atoms with van der Waals surface area (Å²) < 4.78 is 0. The summed E-state index contributed by atoms with van der Waals surface area (Å²) in [5.74, 6) is 0.313. The summed E-state index contributed by atoms with van der Waals surface area (Å²) in [5, 5.41) is 5.82. The Labute approximate surface area is 126 Å². The van der Waals surface area contributed by atoms with Gasteiger partial charge in [0.1, 0.15) is 0 Å². The van der Waals surface area contributed by atoms with E-state index in [1.807, 2.05) is 30.3 Å². The molecule has 2 atom stereocenters. The second kappa shape index (κ2) is 7.25. The first kappa shape index (κ1) is 15.5. The van der Waals surface area contributed by atoms with E-state index in [0.29, 0.717) is 25.4 Å². The zero-order valence-electron chi connectivity index (χ0n) is 12.8. The Morgan fingerprint density at radius 1 is 1.10 bits per heavy atom. The number of carbonyl (C=O) groups excluding carboxylic acids is 2. The fourth-order valence-corrected chi connectivity index (χ4v) is 2.31. The Morgan fingerprint density at radius 2 is 1.71 bits per heavy atom. The van der Waals surface area contributed by atoms with Crippen LogP contribution in [0.15, 0.2) is 30.3 Å². The van der Waals surface area contributed by atoms with Gasteiger partial charge in [-0.2, -0.15) is 0 Å². The molecule has 2 unspecified atom stereocenters. The third-order valence-electron chi connectivity index (χ3n) is 3.79. The third kappa shape index (κ3) is 4.88. The topological polar surface area (TPSA) is 58.2 Å². The lowest BCUT2D eigenvalue weighted by Gasteiger charge is -2.07. The van der Waals surface area contributed by atoms with Gasteiger partial charge in [-0.1, -0.05) is 44.2 Å². The predicted molar refractivity (Wildman–Crippen MR) is 82.4 cm³/mol. The van der Waals surface area contributed by atoms with Gasteiger partial charge in [0.25, 0.3) is 0 Å². The molecule has 0 saturated heterocycles. The molecule has 1 fully saturated rings. The number of nitrogens with one attached hydrogen (secondary N) is 2. The molecule has 2 rings (SSSR count). The van der Waals surface area contributed by atoms with Crippen LogP contribution >= 0.6 is 0 Å². The average molecular weight is 288 g/mol. The summed E-state index contributed by atoms with van der Waals surface area (Å²) in [4.78, 5) is 23.9. The molecular weight excluding hydrogens is 264 g/mol. The maximum absolute atomic E-state index is 12.0. The van der Waals surface area contributed by atoms with Gasteiger partial charge in [-0.3, -0.25) is 9.59 Å². The van der Waals surface area contributed by atoms with Crippen LogP contribution < -0.4 is 10.6 Å². The minimum Gasteiger partial charge on any atom is -0.356 e. The fraction of sp³-hybridized carbons (Fsp3) is 0.529. The van der Waals surface area contributed by atoms with E-state index < -0.39 is 0 Å². The fourth-order valence-electron chi connectivity index (χ4n) is 2.31. The summed E-state index contributed by atoms with van der Waals surface area (Å²) in [7, 11) is 0. The van der Waals surface area contributed by atoms with E-state index in [1.165, 1.54) is 0 Å². The molecule has 21 heavy (non-hydrogen) atoms. The predicted octanol–water partition coefficient (Wildman–Crippen LogP) is 2.10. The molecule has 1 saturated carbocycles. The molecule has 0 bridgehead atoms. The number of amides is 2. The molecule has 0 spiro atoms. The normalized spacial score (nSPS) is 20.1. The van der Waals surface area contributed by atoms with Gasteiger partial charge in [0.2, 0.25) is 11.8 Å². The van der Waals surface area contributed by atoms with Gasteiger partial charge in [0, 0.05) is 13.1 Å². The lowest BCUT2D eigenvalue weighted by atomic mass is 10.1. The zero-order chi connectivity index (χ0) is 15.2. The first-order chi connectivity index (χ1) is 10.1. The monoisotopic (exact) mass is 288 g/mol. The van der Waals surface area contributed by atoms with Gasteiger partial charge in [-0.05, 0) is 24.3 Å². The van der Waals surface area contributed by atoms with E-state index in [0.717, 1.165) is 12.0 Å². The van der Waals surface area contributed by atoms with Crippen molar-refractivity contribution in [2.45, 2.75) is 33.2 Å². The minimum atomic E-state index is -0.146. The number of rotatable bonds is 7. The van der Waals surface area contributed by atoms with Gasteiger partial charge in [-0.15, -0.1) is 0 Å². The van der Waals surface area contributed by atoms with Crippen molar-refractivity contribution in [1.82, 2.24) is 10.6 Å². The first-order valence-electron chi connectivity index (χ1n) is 7.67. The third-order valence-corrected chi connectivity index (χ3v) is 3.79. The van der Waals surface area contributed by atoms with Crippen molar-refractivity contribution in [3.05, 3.63) is 35.9 Å². The van der Waals surface area contributed by atoms with E-state index >= 15 is 0 Å². The van der Waals surface area contributed by atoms with Gasteiger partial charge in [-0.25, -0.2) is 0 Å². The summed E-state index contributed by atoms with van der Waals surface area (Å²) in [6.45, 7) is 5.48. The van der Waals surface area contributed by atoms with Crippen LogP contribution in [0.5, 0.6) is 0 Å². The van der Waals surface area contributed by atoms with Crippen molar-refractivity contribution >= 4 is 11.8 Å². The van der Waals surface area contributed by atoms with E-state index in [9.17, 15) is 9.59 Å². The summed E-state index contributed by atoms with van der Waals surface area (Å²) in [6, 6.07) is 9.80. The van der Waals surface area contributed by atoms with Crippen LogP contribution in [-0.2, 0) is 16.1 Å². The van der Waals surface area contributed by atoms with E-state index in [1.54, 1.807) is 0 Å². The number of benzene rings is 1. The standard InChI is InChI=1S/C17H24N2O2/c1-12(2)8-9-18-16(20)14-10-15(14)17(21)19-11-13-6-4-3-5-7-13/h3-7,12,14-15H,8-11H2,1-2H3,(H,18,20)(H,19,21). The smallest absolute Gasteiger partial charge is 0.224 e. The van der Waals surface area contributed by atoms with Crippen molar-refractivity contribution in [3.8, 4) is 0 Å². The molecule has 0 aromatic heterocycles. The molecule has 0 heterocycles. The zero-order valence-corrected chi connectivity index (χ0v) is 12.8. The lowest BCUT2D eigenvalue weighted by Crippen LogP contribution is -2.30. The highest BCUT2D eigenvalue weighted by Crippen LogP contribution is 2.38. The molecule has 2 amide bonds. The van der Waals surface area contributed by atoms with Crippen molar-refractivity contribution in [3.63, 3.8) is 0 Å². The van der Waals surface area contributed by atoms with Crippen LogP contribution in [-0.4, -0.2) is 18.4 Å². The van der Waals surface area contributed by atoms with Gasteiger partial charge < -0.3 is 10.6 Å².